The van der Waals surface area contributed by atoms with Crippen LogP contribution < -0.4 is 5.32 Å². The highest BCUT2D eigenvalue weighted by Gasteiger charge is 2.30. The zero-order valence-electron chi connectivity index (χ0n) is 9.67. The molecular formula is C12H14BrF3N2. The van der Waals surface area contributed by atoms with Gasteiger partial charge in [-0.05, 0) is 33.6 Å². The van der Waals surface area contributed by atoms with Crippen molar-refractivity contribution in [2.75, 3.05) is 26.2 Å². The second kappa shape index (κ2) is 6.04. The molecule has 0 spiro atoms. The lowest BCUT2D eigenvalue weighted by atomic mass is 10.0. The van der Waals surface area contributed by atoms with Crippen molar-refractivity contribution in [3.63, 3.8) is 0 Å². The van der Waals surface area contributed by atoms with Gasteiger partial charge in [-0.15, -0.1) is 0 Å². The van der Waals surface area contributed by atoms with Crippen LogP contribution >= 0.6 is 15.9 Å². The summed E-state index contributed by atoms with van der Waals surface area (Å²) in [7, 11) is 0. The number of benzene rings is 1. The summed E-state index contributed by atoms with van der Waals surface area (Å²) in [5, 5.41) is 3.12. The summed E-state index contributed by atoms with van der Waals surface area (Å²) in [6.45, 7) is 2.55. The lowest BCUT2D eigenvalue weighted by Crippen LogP contribution is -2.46. The highest BCUT2D eigenvalue weighted by molar-refractivity contribution is 9.10. The fourth-order valence-electron chi connectivity index (χ4n) is 2.17. The van der Waals surface area contributed by atoms with Gasteiger partial charge in [0.1, 0.15) is 5.82 Å². The number of hydrogen-bond donors (Lipinski definition) is 1. The van der Waals surface area contributed by atoms with Crippen LogP contribution in [0.3, 0.4) is 0 Å². The van der Waals surface area contributed by atoms with Crippen molar-refractivity contribution in [2.45, 2.75) is 12.5 Å². The van der Waals surface area contributed by atoms with E-state index in [4.69, 9.17) is 0 Å². The average molecular weight is 323 g/mol. The summed E-state index contributed by atoms with van der Waals surface area (Å²) >= 11 is 3.04. The highest BCUT2D eigenvalue weighted by Crippen LogP contribution is 2.30. The van der Waals surface area contributed by atoms with Crippen LogP contribution in [0.5, 0.6) is 0 Å². The molecule has 100 valence electrons. The predicted octanol–water partition coefficient (Wildman–Crippen LogP) is 2.80. The van der Waals surface area contributed by atoms with Crippen molar-refractivity contribution >= 4 is 15.9 Å². The third-order valence-electron chi connectivity index (χ3n) is 3.07. The van der Waals surface area contributed by atoms with Gasteiger partial charge >= 0.3 is 0 Å². The molecule has 1 aromatic rings. The first kappa shape index (κ1) is 13.8. The Hall–Kier alpha value is -0.590. The van der Waals surface area contributed by atoms with Gasteiger partial charge in [0, 0.05) is 26.2 Å². The molecule has 1 atom stereocenters. The Morgan fingerprint density at radius 1 is 1.22 bits per heavy atom. The van der Waals surface area contributed by atoms with Crippen LogP contribution in [0.4, 0.5) is 13.2 Å². The third kappa shape index (κ3) is 3.05. The summed E-state index contributed by atoms with van der Waals surface area (Å²) < 4.78 is 39.8. The summed E-state index contributed by atoms with van der Waals surface area (Å²) in [4.78, 5) is 1.74. The number of piperazine rings is 1. The number of nitrogens with one attached hydrogen (secondary N) is 1. The third-order valence-corrected chi connectivity index (χ3v) is 3.68. The van der Waals surface area contributed by atoms with Gasteiger partial charge in [0.25, 0.3) is 6.43 Å². The molecule has 1 aliphatic rings. The molecule has 1 saturated heterocycles. The zero-order valence-corrected chi connectivity index (χ0v) is 11.3. The summed E-state index contributed by atoms with van der Waals surface area (Å²) in [5.41, 5.74) is 0.445. The largest absolute Gasteiger partial charge is 0.314 e. The highest BCUT2D eigenvalue weighted by atomic mass is 79.9. The zero-order chi connectivity index (χ0) is 13.1. The first-order valence-corrected chi connectivity index (χ1v) is 6.57. The number of nitrogens with zero attached hydrogens (tertiary/aromatic N) is 1. The molecular weight excluding hydrogens is 309 g/mol. The van der Waals surface area contributed by atoms with Gasteiger partial charge < -0.3 is 5.32 Å². The van der Waals surface area contributed by atoms with Gasteiger partial charge in [-0.3, -0.25) is 4.90 Å². The molecule has 6 heteroatoms. The Kier molecular flexibility index (Phi) is 4.64. The van der Waals surface area contributed by atoms with Gasteiger partial charge in [0.05, 0.1) is 10.5 Å². The lowest BCUT2D eigenvalue weighted by Gasteiger charge is -2.34. The molecule has 1 aliphatic heterocycles. The van der Waals surface area contributed by atoms with E-state index in [2.05, 4.69) is 21.2 Å². The molecule has 1 heterocycles. The van der Waals surface area contributed by atoms with Crippen molar-refractivity contribution in [1.82, 2.24) is 10.2 Å². The molecule has 1 N–H and O–H groups in total. The van der Waals surface area contributed by atoms with Crippen molar-refractivity contribution in [1.29, 1.82) is 0 Å². The van der Waals surface area contributed by atoms with E-state index >= 15 is 0 Å². The van der Waals surface area contributed by atoms with E-state index in [1.54, 1.807) is 4.90 Å². The first-order chi connectivity index (χ1) is 8.59. The molecule has 0 aliphatic carbocycles. The molecule has 1 aromatic carbocycles. The van der Waals surface area contributed by atoms with Crippen LogP contribution in [0.1, 0.15) is 11.6 Å². The Morgan fingerprint density at radius 3 is 2.44 bits per heavy atom. The SMILES string of the molecule is Fc1ccc([C@H](C(F)F)N2CCNCC2)cc1Br. The van der Waals surface area contributed by atoms with E-state index in [-0.39, 0.29) is 4.47 Å². The predicted molar refractivity (Wildman–Crippen MR) is 67.3 cm³/mol. The number of hydrogen-bond acceptors (Lipinski definition) is 2. The maximum absolute atomic E-state index is 13.2. The summed E-state index contributed by atoms with van der Waals surface area (Å²) in [5.74, 6) is -0.438. The Labute approximate surface area is 112 Å². The van der Waals surface area contributed by atoms with Gasteiger partial charge in [-0.2, -0.15) is 0 Å². The summed E-state index contributed by atoms with van der Waals surface area (Å²) in [6.07, 6.45) is -2.49. The van der Waals surface area contributed by atoms with Crippen molar-refractivity contribution in [3.05, 3.63) is 34.1 Å². The Balaban J connectivity index is 2.25. The number of alkyl halides is 2. The normalized spacial score (nSPS) is 19.2. The molecule has 0 unspecified atom stereocenters. The van der Waals surface area contributed by atoms with Crippen LogP contribution in [0.2, 0.25) is 0 Å². The molecule has 0 saturated carbocycles. The minimum absolute atomic E-state index is 0.223. The molecule has 2 rings (SSSR count). The molecule has 1 fully saturated rings. The van der Waals surface area contributed by atoms with E-state index in [9.17, 15) is 13.2 Å². The van der Waals surface area contributed by atoms with Crippen LogP contribution in [-0.2, 0) is 0 Å². The smallest absolute Gasteiger partial charge is 0.258 e. The van der Waals surface area contributed by atoms with Crippen LogP contribution in [0, 0.1) is 5.82 Å². The second-order valence-electron chi connectivity index (χ2n) is 4.24. The molecule has 18 heavy (non-hydrogen) atoms. The van der Waals surface area contributed by atoms with Gasteiger partial charge in [0.2, 0.25) is 0 Å². The van der Waals surface area contributed by atoms with Crippen LogP contribution in [0.25, 0.3) is 0 Å². The first-order valence-electron chi connectivity index (χ1n) is 5.77. The minimum Gasteiger partial charge on any atom is -0.314 e. The topological polar surface area (TPSA) is 15.3 Å². The van der Waals surface area contributed by atoms with Crippen molar-refractivity contribution in [3.8, 4) is 0 Å². The van der Waals surface area contributed by atoms with E-state index in [1.165, 1.54) is 18.2 Å². The molecule has 0 aromatic heterocycles. The van der Waals surface area contributed by atoms with E-state index in [0.29, 0.717) is 31.7 Å². The fraction of sp³-hybridized carbons (Fsp3) is 0.500. The second-order valence-corrected chi connectivity index (χ2v) is 5.09. The monoisotopic (exact) mass is 322 g/mol. The number of rotatable bonds is 3. The molecule has 0 radical (unpaired) electrons. The van der Waals surface area contributed by atoms with Crippen molar-refractivity contribution in [2.24, 2.45) is 0 Å². The lowest BCUT2D eigenvalue weighted by molar-refractivity contribution is 0.0181. The Morgan fingerprint density at radius 2 is 1.89 bits per heavy atom. The minimum atomic E-state index is -2.49. The van der Waals surface area contributed by atoms with Gasteiger partial charge in [-0.25, -0.2) is 13.2 Å². The van der Waals surface area contributed by atoms with Crippen LogP contribution in [0.15, 0.2) is 22.7 Å². The Bertz CT molecular complexity index is 408. The van der Waals surface area contributed by atoms with E-state index in [1.807, 2.05) is 0 Å². The van der Waals surface area contributed by atoms with E-state index in [0.717, 1.165) is 0 Å². The van der Waals surface area contributed by atoms with Crippen molar-refractivity contribution < 1.29 is 13.2 Å². The standard InChI is InChI=1S/C12H14BrF3N2/c13-9-7-8(1-2-10(9)14)11(12(15)16)18-5-3-17-4-6-18/h1-2,7,11-12,17H,3-6H2/t11-/m1/s1. The van der Waals surface area contributed by atoms with Crippen LogP contribution in [-0.4, -0.2) is 37.5 Å². The maximum Gasteiger partial charge on any atom is 0.258 e. The molecule has 0 bridgehead atoms. The average Bonchev–Trinajstić information content (AvgIpc) is 2.35. The summed E-state index contributed by atoms with van der Waals surface area (Å²) in [6, 6.07) is 3.12. The quantitative estimate of drug-likeness (QED) is 0.920. The van der Waals surface area contributed by atoms with Gasteiger partial charge in [-0.1, -0.05) is 6.07 Å². The van der Waals surface area contributed by atoms with Gasteiger partial charge in [0.15, 0.2) is 0 Å². The molecule has 2 nitrogen and oxygen atoms in total. The molecule has 0 amide bonds. The number of halogens is 4. The van der Waals surface area contributed by atoms with E-state index < -0.39 is 18.3 Å². The maximum atomic E-state index is 13.2. The fourth-order valence-corrected chi connectivity index (χ4v) is 2.57.